The zero-order valence-corrected chi connectivity index (χ0v) is 14.2. The lowest BCUT2D eigenvalue weighted by Gasteiger charge is -2.38. The second-order valence-corrected chi connectivity index (χ2v) is 6.35. The number of nitrogens with one attached hydrogen (secondary N) is 1. The molecule has 2 aliphatic heterocycles. The molecule has 3 rings (SSSR count). The molecule has 1 aromatic heterocycles. The van der Waals surface area contributed by atoms with E-state index in [0.717, 1.165) is 18.5 Å². The van der Waals surface area contributed by atoms with Crippen LogP contribution in [-0.4, -0.2) is 65.1 Å². The minimum Gasteiger partial charge on any atom is -0.439 e. The van der Waals surface area contributed by atoms with Gasteiger partial charge in [-0.1, -0.05) is 0 Å². The molecule has 24 heavy (non-hydrogen) atoms. The average molecular weight is 336 g/mol. The Morgan fingerprint density at radius 3 is 3.08 bits per heavy atom. The summed E-state index contributed by atoms with van der Waals surface area (Å²) in [6.07, 6.45) is 1.19. The molecule has 8 heteroatoms. The number of hydrogen-bond donors (Lipinski definition) is 1. The second-order valence-electron chi connectivity index (χ2n) is 6.35. The van der Waals surface area contributed by atoms with Gasteiger partial charge in [0, 0.05) is 13.2 Å². The minimum atomic E-state index is -0.587. The summed E-state index contributed by atoms with van der Waals surface area (Å²) in [5.74, 6) is -0.0749. The predicted molar refractivity (Wildman–Crippen MR) is 85.8 cm³/mol. The van der Waals surface area contributed by atoms with Gasteiger partial charge < -0.3 is 19.7 Å². The van der Waals surface area contributed by atoms with E-state index in [1.54, 1.807) is 15.6 Å². The van der Waals surface area contributed by atoms with Gasteiger partial charge in [0.1, 0.15) is 11.3 Å². The molecular weight excluding hydrogens is 312 g/mol. The molecule has 8 nitrogen and oxygen atoms in total. The number of carbonyl (C=O) groups is 2. The van der Waals surface area contributed by atoms with Crippen LogP contribution >= 0.6 is 0 Å². The van der Waals surface area contributed by atoms with Gasteiger partial charge in [0.2, 0.25) is 0 Å². The monoisotopic (exact) mass is 336 g/mol. The van der Waals surface area contributed by atoms with E-state index >= 15 is 0 Å². The Morgan fingerprint density at radius 1 is 1.54 bits per heavy atom. The fourth-order valence-electron chi connectivity index (χ4n) is 3.35. The molecule has 2 amide bonds. The molecule has 3 heterocycles. The Bertz CT molecular complexity index is 630. The van der Waals surface area contributed by atoms with Crippen LogP contribution in [0.15, 0.2) is 6.07 Å². The number of hydrogen-bond acceptors (Lipinski definition) is 5. The van der Waals surface area contributed by atoms with Crippen molar-refractivity contribution in [2.75, 3.05) is 32.8 Å². The third kappa shape index (κ3) is 3.38. The van der Waals surface area contributed by atoms with Crippen molar-refractivity contribution in [3.05, 3.63) is 17.5 Å². The molecule has 0 aliphatic carbocycles. The lowest BCUT2D eigenvalue weighted by atomic mass is 9.93. The van der Waals surface area contributed by atoms with Crippen LogP contribution in [0.2, 0.25) is 0 Å². The van der Waals surface area contributed by atoms with E-state index in [4.69, 9.17) is 9.47 Å². The topological polar surface area (TPSA) is 85.7 Å². The van der Waals surface area contributed by atoms with Gasteiger partial charge in [-0.2, -0.15) is 5.10 Å². The van der Waals surface area contributed by atoms with Crippen molar-refractivity contribution in [3.8, 4) is 0 Å². The fourth-order valence-corrected chi connectivity index (χ4v) is 3.35. The van der Waals surface area contributed by atoms with E-state index in [1.165, 1.54) is 0 Å². The van der Waals surface area contributed by atoms with Crippen LogP contribution in [-0.2, 0) is 16.0 Å². The Balaban J connectivity index is 1.73. The molecular formula is C16H24N4O4. The molecule has 0 aromatic carbocycles. The SMILES string of the molecule is CCOCCn1nc(C)cc1C(=O)N1CCC[C@@]2(CNC(=O)O2)C1. The highest BCUT2D eigenvalue weighted by molar-refractivity contribution is 5.93. The van der Waals surface area contributed by atoms with E-state index in [2.05, 4.69) is 10.4 Å². The summed E-state index contributed by atoms with van der Waals surface area (Å²) in [5, 5.41) is 7.09. The fraction of sp³-hybridized carbons (Fsp3) is 0.688. The number of aromatic nitrogens is 2. The van der Waals surface area contributed by atoms with Gasteiger partial charge in [-0.05, 0) is 32.8 Å². The van der Waals surface area contributed by atoms with E-state index in [0.29, 0.717) is 45.1 Å². The van der Waals surface area contributed by atoms with Crippen LogP contribution in [0.5, 0.6) is 0 Å². The second kappa shape index (κ2) is 6.80. The summed E-state index contributed by atoms with van der Waals surface area (Å²) >= 11 is 0. The Labute approximate surface area is 141 Å². The first-order chi connectivity index (χ1) is 11.5. The maximum Gasteiger partial charge on any atom is 0.407 e. The van der Waals surface area contributed by atoms with E-state index < -0.39 is 11.7 Å². The van der Waals surface area contributed by atoms with Crippen LogP contribution < -0.4 is 5.32 Å². The zero-order chi connectivity index (χ0) is 17.2. The van der Waals surface area contributed by atoms with Crippen molar-refractivity contribution in [3.63, 3.8) is 0 Å². The van der Waals surface area contributed by atoms with Crippen LogP contribution in [0.25, 0.3) is 0 Å². The lowest BCUT2D eigenvalue weighted by molar-refractivity contribution is -0.00552. The van der Waals surface area contributed by atoms with Crippen molar-refractivity contribution >= 4 is 12.0 Å². The standard InChI is InChI=1S/C16H24N4O4/c1-3-23-8-7-20-13(9-12(2)18-20)14(21)19-6-4-5-16(11-19)10-17-15(22)24-16/h9H,3-8,10-11H2,1-2H3,(H,17,22)/t16-/m1/s1. The molecule has 2 aliphatic rings. The van der Waals surface area contributed by atoms with Crippen molar-refractivity contribution in [2.45, 2.75) is 38.8 Å². The third-order valence-corrected chi connectivity index (χ3v) is 4.46. The maximum absolute atomic E-state index is 13.0. The first-order valence-electron chi connectivity index (χ1n) is 8.41. The van der Waals surface area contributed by atoms with Crippen molar-refractivity contribution in [1.82, 2.24) is 20.0 Å². The van der Waals surface area contributed by atoms with Gasteiger partial charge in [0.05, 0.1) is 31.9 Å². The number of ether oxygens (including phenoxy) is 2. The molecule has 0 saturated carbocycles. The highest BCUT2D eigenvalue weighted by Gasteiger charge is 2.45. The minimum absolute atomic E-state index is 0.0749. The van der Waals surface area contributed by atoms with Crippen LogP contribution in [0.4, 0.5) is 4.79 Å². The van der Waals surface area contributed by atoms with Crippen molar-refractivity contribution in [2.24, 2.45) is 0 Å². The summed E-state index contributed by atoms with van der Waals surface area (Å²) in [6.45, 7) is 7.03. The number of piperidine rings is 1. The summed E-state index contributed by atoms with van der Waals surface area (Å²) in [4.78, 5) is 26.1. The molecule has 0 unspecified atom stereocenters. The number of carbonyl (C=O) groups excluding carboxylic acids is 2. The van der Waals surface area contributed by atoms with E-state index in [-0.39, 0.29) is 5.91 Å². The van der Waals surface area contributed by atoms with E-state index in [9.17, 15) is 9.59 Å². The van der Waals surface area contributed by atoms with Gasteiger partial charge >= 0.3 is 6.09 Å². The van der Waals surface area contributed by atoms with Gasteiger partial charge in [0.25, 0.3) is 5.91 Å². The number of likely N-dealkylation sites (tertiary alicyclic amines) is 1. The smallest absolute Gasteiger partial charge is 0.407 e. The summed E-state index contributed by atoms with van der Waals surface area (Å²) in [5.41, 5.74) is 0.771. The van der Waals surface area contributed by atoms with E-state index in [1.807, 2.05) is 13.8 Å². The van der Waals surface area contributed by atoms with Crippen molar-refractivity contribution in [1.29, 1.82) is 0 Å². The largest absolute Gasteiger partial charge is 0.439 e. The first kappa shape index (κ1) is 16.8. The number of alkyl carbamates (subject to hydrolysis) is 1. The molecule has 2 saturated heterocycles. The Morgan fingerprint density at radius 2 is 2.38 bits per heavy atom. The highest BCUT2D eigenvalue weighted by Crippen LogP contribution is 2.29. The zero-order valence-electron chi connectivity index (χ0n) is 14.2. The summed E-state index contributed by atoms with van der Waals surface area (Å²) in [6, 6.07) is 1.80. The Hall–Kier alpha value is -2.09. The number of aryl methyl sites for hydroxylation is 1. The summed E-state index contributed by atoms with van der Waals surface area (Å²) < 4.78 is 12.5. The van der Waals surface area contributed by atoms with Crippen LogP contribution in [0, 0.1) is 6.92 Å². The number of amides is 2. The number of nitrogens with zero attached hydrogens (tertiary/aromatic N) is 3. The van der Waals surface area contributed by atoms with Crippen LogP contribution in [0.1, 0.15) is 35.9 Å². The Kier molecular flexibility index (Phi) is 4.75. The van der Waals surface area contributed by atoms with Crippen molar-refractivity contribution < 1.29 is 19.1 Å². The molecule has 2 fully saturated rings. The summed E-state index contributed by atoms with van der Waals surface area (Å²) in [7, 11) is 0. The lowest BCUT2D eigenvalue weighted by Crippen LogP contribution is -2.52. The maximum atomic E-state index is 13.0. The molecule has 0 radical (unpaired) electrons. The normalized spacial score (nSPS) is 23.4. The third-order valence-electron chi connectivity index (χ3n) is 4.46. The predicted octanol–water partition coefficient (Wildman–Crippen LogP) is 0.943. The van der Waals surface area contributed by atoms with Gasteiger partial charge in [-0.15, -0.1) is 0 Å². The molecule has 1 aromatic rings. The van der Waals surface area contributed by atoms with Crippen LogP contribution in [0.3, 0.4) is 0 Å². The molecule has 132 valence electrons. The molecule has 1 spiro atoms. The highest BCUT2D eigenvalue weighted by atomic mass is 16.6. The number of rotatable bonds is 5. The van der Waals surface area contributed by atoms with Gasteiger partial charge in [-0.25, -0.2) is 4.79 Å². The molecule has 1 N–H and O–H groups in total. The first-order valence-corrected chi connectivity index (χ1v) is 8.41. The van der Waals surface area contributed by atoms with Gasteiger partial charge in [0.15, 0.2) is 0 Å². The van der Waals surface area contributed by atoms with Gasteiger partial charge in [-0.3, -0.25) is 9.48 Å². The molecule has 1 atom stereocenters. The molecule has 0 bridgehead atoms. The average Bonchev–Trinajstić information content (AvgIpc) is 3.10. The quantitative estimate of drug-likeness (QED) is 0.809.